The van der Waals surface area contributed by atoms with Crippen molar-refractivity contribution in [1.29, 1.82) is 0 Å². The lowest BCUT2D eigenvalue weighted by atomic mass is 9.99. The van der Waals surface area contributed by atoms with E-state index < -0.39 is 5.54 Å². The Morgan fingerprint density at radius 2 is 2.00 bits per heavy atom. The fourth-order valence-electron chi connectivity index (χ4n) is 2.57. The summed E-state index contributed by atoms with van der Waals surface area (Å²) in [6.45, 7) is 1.64. The summed E-state index contributed by atoms with van der Waals surface area (Å²) in [6, 6.07) is 9.27. The summed E-state index contributed by atoms with van der Waals surface area (Å²) >= 11 is 0. The molecule has 5 heteroatoms. The molecule has 1 spiro atoms. The van der Waals surface area contributed by atoms with Crippen molar-refractivity contribution < 1.29 is 9.59 Å². The van der Waals surface area contributed by atoms with Crippen LogP contribution in [-0.2, 0) is 11.3 Å². The number of carbonyl (C=O) groups is 2. The maximum atomic E-state index is 12.3. The van der Waals surface area contributed by atoms with Crippen molar-refractivity contribution in [2.45, 2.75) is 18.5 Å². The zero-order valence-electron chi connectivity index (χ0n) is 9.98. The van der Waals surface area contributed by atoms with Crippen LogP contribution < -0.4 is 10.6 Å². The normalized spacial score (nSPS) is 27.0. The molecule has 2 N–H and O–H groups in total. The molecule has 94 valence electrons. The highest BCUT2D eigenvalue weighted by Gasteiger charge is 2.52. The van der Waals surface area contributed by atoms with Gasteiger partial charge in [0.1, 0.15) is 5.54 Å². The fourth-order valence-corrected chi connectivity index (χ4v) is 2.57. The molecule has 1 atom stereocenters. The molecule has 1 aromatic carbocycles. The van der Waals surface area contributed by atoms with Gasteiger partial charge in [0.2, 0.25) is 0 Å². The van der Waals surface area contributed by atoms with E-state index in [0.717, 1.165) is 12.1 Å². The van der Waals surface area contributed by atoms with Crippen molar-refractivity contribution in [1.82, 2.24) is 15.5 Å². The Balaban J connectivity index is 1.81. The van der Waals surface area contributed by atoms with Crippen LogP contribution in [0.2, 0.25) is 0 Å². The second-order valence-corrected chi connectivity index (χ2v) is 4.82. The van der Waals surface area contributed by atoms with E-state index in [1.807, 2.05) is 30.3 Å². The number of urea groups is 1. The van der Waals surface area contributed by atoms with Crippen LogP contribution in [0.5, 0.6) is 0 Å². The molecule has 0 bridgehead atoms. The number of imide groups is 1. The lowest BCUT2D eigenvalue weighted by molar-refractivity contribution is -0.131. The first-order valence-corrected chi connectivity index (χ1v) is 6.10. The standard InChI is InChI=1S/C13H15N3O2/c17-11-13(6-7-14-9-13)15-12(18)16(11)8-10-4-2-1-3-5-10/h1-5,14H,6-9H2,(H,15,18)/t13-/m1/s1. The third-order valence-electron chi connectivity index (χ3n) is 3.58. The number of amides is 3. The third kappa shape index (κ3) is 1.67. The SMILES string of the molecule is O=C1N[C@@]2(CCNC2)C(=O)N1Cc1ccccc1. The van der Waals surface area contributed by atoms with Gasteiger partial charge in [-0.3, -0.25) is 9.69 Å². The Morgan fingerprint density at radius 3 is 2.67 bits per heavy atom. The lowest BCUT2D eigenvalue weighted by Crippen LogP contribution is -2.48. The molecule has 2 aliphatic rings. The lowest BCUT2D eigenvalue weighted by Gasteiger charge is -2.19. The van der Waals surface area contributed by atoms with Gasteiger partial charge in [0.25, 0.3) is 5.91 Å². The van der Waals surface area contributed by atoms with Gasteiger partial charge in [0.05, 0.1) is 6.54 Å². The smallest absolute Gasteiger partial charge is 0.322 e. The van der Waals surface area contributed by atoms with Crippen LogP contribution in [0.3, 0.4) is 0 Å². The molecule has 0 saturated carbocycles. The first kappa shape index (κ1) is 11.2. The van der Waals surface area contributed by atoms with E-state index in [9.17, 15) is 9.59 Å². The first-order valence-electron chi connectivity index (χ1n) is 6.10. The van der Waals surface area contributed by atoms with E-state index in [1.165, 1.54) is 4.90 Å². The van der Waals surface area contributed by atoms with E-state index in [-0.39, 0.29) is 11.9 Å². The second kappa shape index (κ2) is 4.10. The quantitative estimate of drug-likeness (QED) is 0.745. The average molecular weight is 245 g/mol. The average Bonchev–Trinajstić information content (AvgIpc) is 2.93. The van der Waals surface area contributed by atoms with Crippen LogP contribution in [-0.4, -0.2) is 35.5 Å². The number of carbonyl (C=O) groups excluding carboxylic acids is 2. The van der Waals surface area contributed by atoms with Crippen LogP contribution in [0.15, 0.2) is 30.3 Å². The molecule has 2 aliphatic heterocycles. The van der Waals surface area contributed by atoms with Gasteiger partial charge in [-0.1, -0.05) is 30.3 Å². The Kier molecular flexibility index (Phi) is 2.56. The maximum Gasteiger partial charge on any atom is 0.325 e. The monoisotopic (exact) mass is 245 g/mol. The highest BCUT2D eigenvalue weighted by Crippen LogP contribution is 2.25. The molecule has 5 nitrogen and oxygen atoms in total. The van der Waals surface area contributed by atoms with Crippen LogP contribution in [0.1, 0.15) is 12.0 Å². The molecule has 2 fully saturated rings. The van der Waals surface area contributed by atoms with E-state index >= 15 is 0 Å². The fraction of sp³-hybridized carbons (Fsp3) is 0.385. The number of nitrogens with zero attached hydrogens (tertiary/aromatic N) is 1. The summed E-state index contributed by atoms with van der Waals surface area (Å²) in [4.78, 5) is 25.6. The summed E-state index contributed by atoms with van der Waals surface area (Å²) < 4.78 is 0. The summed E-state index contributed by atoms with van der Waals surface area (Å²) in [5.74, 6) is -0.110. The van der Waals surface area contributed by atoms with E-state index in [4.69, 9.17) is 0 Å². The molecule has 1 aromatic rings. The van der Waals surface area contributed by atoms with Crippen LogP contribution >= 0.6 is 0 Å². The largest absolute Gasteiger partial charge is 0.325 e. The van der Waals surface area contributed by atoms with Crippen LogP contribution in [0, 0.1) is 0 Å². The number of hydrogen-bond donors (Lipinski definition) is 2. The topological polar surface area (TPSA) is 61.4 Å². The van der Waals surface area contributed by atoms with Gasteiger partial charge in [0.15, 0.2) is 0 Å². The van der Waals surface area contributed by atoms with E-state index in [2.05, 4.69) is 10.6 Å². The molecular weight excluding hydrogens is 230 g/mol. The Hall–Kier alpha value is -1.88. The third-order valence-corrected chi connectivity index (χ3v) is 3.58. The number of hydrogen-bond acceptors (Lipinski definition) is 3. The summed E-state index contributed by atoms with van der Waals surface area (Å²) in [7, 11) is 0. The predicted octanol–water partition coefficient (Wildman–Crippen LogP) is 0.470. The van der Waals surface area contributed by atoms with E-state index in [1.54, 1.807) is 0 Å². The van der Waals surface area contributed by atoms with Crippen molar-refractivity contribution in [3.63, 3.8) is 0 Å². The molecular formula is C13H15N3O2. The van der Waals surface area contributed by atoms with Crippen molar-refractivity contribution in [3.8, 4) is 0 Å². The minimum absolute atomic E-state index is 0.110. The molecule has 0 radical (unpaired) electrons. The molecule has 0 aliphatic carbocycles. The van der Waals surface area contributed by atoms with Gasteiger partial charge in [-0.2, -0.15) is 0 Å². The predicted molar refractivity (Wildman–Crippen MR) is 65.7 cm³/mol. The highest BCUT2D eigenvalue weighted by atomic mass is 16.2. The van der Waals surface area contributed by atoms with Crippen LogP contribution in [0.25, 0.3) is 0 Å². The number of rotatable bonds is 2. The number of nitrogens with one attached hydrogen (secondary N) is 2. The summed E-state index contributed by atoms with van der Waals surface area (Å²) in [5.41, 5.74) is 0.260. The van der Waals surface area contributed by atoms with Gasteiger partial charge in [-0.15, -0.1) is 0 Å². The van der Waals surface area contributed by atoms with Gasteiger partial charge in [0, 0.05) is 6.54 Å². The van der Waals surface area contributed by atoms with Crippen molar-refractivity contribution >= 4 is 11.9 Å². The van der Waals surface area contributed by atoms with Gasteiger partial charge < -0.3 is 10.6 Å². The highest BCUT2D eigenvalue weighted by molar-refractivity contribution is 6.07. The summed E-state index contributed by atoms with van der Waals surface area (Å²) in [5, 5.41) is 5.95. The van der Waals surface area contributed by atoms with Crippen molar-refractivity contribution in [3.05, 3.63) is 35.9 Å². The van der Waals surface area contributed by atoms with Crippen molar-refractivity contribution in [2.75, 3.05) is 13.1 Å². The summed E-state index contributed by atoms with van der Waals surface area (Å²) in [6.07, 6.45) is 0.670. The van der Waals surface area contributed by atoms with Gasteiger partial charge >= 0.3 is 6.03 Å². The molecule has 3 rings (SSSR count). The molecule has 0 aromatic heterocycles. The Bertz CT molecular complexity index is 480. The Labute approximate surface area is 105 Å². The second-order valence-electron chi connectivity index (χ2n) is 4.82. The van der Waals surface area contributed by atoms with E-state index in [0.29, 0.717) is 19.5 Å². The molecule has 0 unspecified atom stereocenters. The molecule has 2 saturated heterocycles. The zero-order valence-corrected chi connectivity index (χ0v) is 9.98. The molecule has 3 amide bonds. The number of benzene rings is 1. The molecule has 2 heterocycles. The minimum Gasteiger partial charge on any atom is -0.322 e. The minimum atomic E-state index is -0.703. The van der Waals surface area contributed by atoms with Gasteiger partial charge in [-0.25, -0.2) is 4.79 Å². The van der Waals surface area contributed by atoms with Crippen LogP contribution in [0.4, 0.5) is 4.79 Å². The first-order chi connectivity index (χ1) is 8.71. The molecule has 18 heavy (non-hydrogen) atoms. The maximum absolute atomic E-state index is 12.3. The van der Waals surface area contributed by atoms with Crippen molar-refractivity contribution in [2.24, 2.45) is 0 Å². The Morgan fingerprint density at radius 1 is 1.22 bits per heavy atom. The zero-order chi connectivity index (χ0) is 12.6. The van der Waals surface area contributed by atoms with Gasteiger partial charge in [-0.05, 0) is 18.5 Å².